The van der Waals surface area contributed by atoms with E-state index < -0.39 is 0 Å². The van der Waals surface area contributed by atoms with E-state index in [9.17, 15) is 4.79 Å². The van der Waals surface area contributed by atoms with Gasteiger partial charge in [-0.05, 0) is 63.8 Å². The third-order valence-electron chi connectivity index (χ3n) is 5.13. The molecule has 4 rings (SSSR count). The number of carbonyl (C=O) groups is 1. The highest BCUT2D eigenvalue weighted by molar-refractivity contribution is 7.22. The van der Waals surface area contributed by atoms with Crippen LogP contribution in [0.25, 0.3) is 10.2 Å². The van der Waals surface area contributed by atoms with Gasteiger partial charge < -0.3 is 4.74 Å². The Balaban J connectivity index is 1.76. The number of hydrogen-bond donors (Lipinski definition) is 0. The molecule has 6 nitrogen and oxygen atoms in total. The second-order valence-electron chi connectivity index (χ2n) is 7.46. The van der Waals surface area contributed by atoms with Gasteiger partial charge in [-0.3, -0.25) is 14.4 Å². The van der Waals surface area contributed by atoms with Crippen LogP contribution in [0.3, 0.4) is 0 Å². The number of ether oxygens (including phenoxy) is 1. The van der Waals surface area contributed by atoms with E-state index in [1.165, 1.54) is 5.56 Å². The third kappa shape index (κ3) is 3.56. The summed E-state index contributed by atoms with van der Waals surface area (Å²) >= 11 is 1.57. The van der Waals surface area contributed by atoms with Crippen molar-refractivity contribution in [1.82, 2.24) is 14.8 Å². The summed E-state index contributed by atoms with van der Waals surface area (Å²) in [5, 5.41) is 5.17. The number of fused-ring (bicyclic) bond motifs is 1. The van der Waals surface area contributed by atoms with Crippen LogP contribution in [-0.2, 0) is 11.3 Å². The van der Waals surface area contributed by atoms with E-state index in [4.69, 9.17) is 9.72 Å². The molecule has 0 N–H and O–H groups in total. The number of amides is 1. The van der Waals surface area contributed by atoms with Gasteiger partial charge in [-0.2, -0.15) is 5.10 Å². The molecule has 3 aromatic rings. The van der Waals surface area contributed by atoms with Crippen LogP contribution in [0.15, 0.2) is 18.2 Å². The highest BCUT2D eigenvalue weighted by Gasteiger charge is 2.29. The van der Waals surface area contributed by atoms with Gasteiger partial charge in [0.2, 0.25) is 0 Å². The first-order valence-electron chi connectivity index (χ1n) is 9.82. The van der Waals surface area contributed by atoms with Crippen LogP contribution >= 0.6 is 11.3 Å². The molecule has 2 aromatic heterocycles. The van der Waals surface area contributed by atoms with E-state index in [2.05, 4.69) is 31.1 Å². The Hall–Kier alpha value is -2.25. The lowest BCUT2D eigenvalue weighted by Gasteiger charge is -2.23. The van der Waals surface area contributed by atoms with Crippen LogP contribution in [0.4, 0.5) is 5.13 Å². The molecule has 148 valence electrons. The number of carbonyl (C=O) groups excluding carboxylic acids is 1. The molecule has 1 fully saturated rings. The van der Waals surface area contributed by atoms with E-state index in [0.717, 1.165) is 46.1 Å². The average molecular weight is 399 g/mol. The first-order chi connectivity index (χ1) is 13.5. The number of thiazole rings is 1. The summed E-state index contributed by atoms with van der Waals surface area (Å²) in [5.41, 5.74) is 4.76. The molecule has 1 aromatic carbocycles. The van der Waals surface area contributed by atoms with Gasteiger partial charge in [0.25, 0.3) is 5.91 Å². The van der Waals surface area contributed by atoms with Crippen LogP contribution in [-0.4, -0.2) is 39.9 Å². The summed E-state index contributed by atoms with van der Waals surface area (Å²) in [4.78, 5) is 20.2. The molecule has 1 saturated heterocycles. The molecule has 0 saturated carbocycles. The number of rotatable bonds is 5. The van der Waals surface area contributed by atoms with Crippen LogP contribution in [0.1, 0.15) is 47.1 Å². The lowest BCUT2D eigenvalue weighted by atomic mass is 10.1. The summed E-state index contributed by atoms with van der Waals surface area (Å²) in [7, 11) is 0. The molecule has 1 aliphatic heterocycles. The fraction of sp³-hybridized carbons (Fsp3) is 0.476. The van der Waals surface area contributed by atoms with Gasteiger partial charge >= 0.3 is 0 Å². The van der Waals surface area contributed by atoms with Crippen LogP contribution in [0.2, 0.25) is 0 Å². The van der Waals surface area contributed by atoms with E-state index in [1.54, 1.807) is 20.9 Å². The van der Waals surface area contributed by atoms with Gasteiger partial charge in [-0.1, -0.05) is 17.4 Å². The summed E-state index contributed by atoms with van der Waals surface area (Å²) in [6.07, 6.45) is 2.06. The molecule has 1 aliphatic rings. The lowest BCUT2D eigenvalue weighted by molar-refractivity contribution is 0.0908. The van der Waals surface area contributed by atoms with Crippen molar-refractivity contribution < 1.29 is 9.53 Å². The Morgan fingerprint density at radius 3 is 2.86 bits per heavy atom. The molecule has 1 atom stereocenters. The zero-order valence-corrected chi connectivity index (χ0v) is 17.7. The first-order valence-corrected chi connectivity index (χ1v) is 10.6. The second-order valence-corrected chi connectivity index (χ2v) is 8.47. The number of aromatic nitrogens is 3. The van der Waals surface area contributed by atoms with Crippen molar-refractivity contribution in [2.45, 2.75) is 53.2 Å². The van der Waals surface area contributed by atoms with E-state index in [-0.39, 0.29) is 12.0 Å². The minimum atomic E-state index is -0.0635. The van der Waals surface area contributed by atoms with Gasteiger partial charge in [0.15, 0.2) is 5.13 Å². The van der Waals surface area contributed by atoms with Gasteiger partial charge in [-0.25, -0.2) is 4.98 Å². The number of hydrogen-bond acceptors (Lipinski definition) is 5. The van der Waals surface area contributed by atoms with Crippen molar-refractivity contribution >= 4 is 32.6 Å². The lowest BCUT2D eigenvalue weighted by Crippen LogP contribution is -2.38. The van der Waals surface area contributed by atoms with Crippen LogP contribution in [0.5, 0.6) is 0 Å². The normalized spacial score (nSPS) is 16.8. The predicted octanol–water partition coefficient (Wildman–Crippen LogP) is 4.26. The molecule has 1 amide bonds. The standard InChI is InChI=1S/C21H26N4O2S/c1-5-25-17(11-15(4)23-25)20(26)24(12-16-7-6-8-27-16)21-22-19-14(3)9-13(2)10-18(19)28-21/h9-11,16H,5-8,12H2,1-4H3. The molecule has 1 unspecified atom stereocenters. The molecule has 0 spiro atoms. The van der Waals surface area contributed by atoms with Crippen molar-refractivity contribution in [3.05, 3.63) is 40.7 Å². The second kappa shape index (κ2) is 7.64. The van der Waals surface area contributed by atoms with Gasteiger partial charge in [0.05, 0.1) is 28.6 Å². The van der Waals surface area contributed by atoms with Crippen molar-refractivity contribution in [2.75, 3.05) is 18.1 Å². The topological polar surface area (TPSA) is 60.2 Å². The van der Waals surface area contributed by atoms with Crippen molar-refractivity contribution in [3.8, 4) is 0 Å². The molecule has 28 heavy (non-hydrogen) atoms. The van der Waals surface area contributed by atoms with Crippen LogP contribution < -0.4 is 4.90 Å². The molecule has 3 heterocycles. The predicted molar refractivity (Wildman–Crippen MR) is 112 cm³/mol. The Kier molecular flexibility index (Phi) is 5.21. The first kappa shape index (κ1) is 19.1. The van der Waals surface area contributed by atoms with Gasteiger partial charge in [-0.15, -0.1) is 0 Å². The van der Waals surface area contributed by atoms with E-state index in [0.29, 0.717) is 18.8 Å². The van der Waals surface area contributed by atoms with Crippen molar-refractivity contribution in [3.63, 3.8) is 0 Å². The van der Waals surface area contributed by atoms with Crippen molar-refractivity contribution in [2.24, 2.45) is 0 Å². The van der Waals surface area contributed by atoms with Gasteiger partial charge in [0.1, 0.15) is 5.69 Å². The molecule has 0 radical (unpaired) electrons. The number of nitrogens with zero attached hydrogens (tertiary/aromatic N) is 4. The third-order valence-corrected chi connectivity index (χ3v) is 6.15. The number of anilines is 1. The van der Waals surface area contributed by atoms with Gasteiger partial charge in [0, 0.05) is 13.2 Å². The summed E-state index contributed by atoms with van der Waals surface area (Å²) in [6, 6.07) is 6.13. The maximum Gasteiger partial charge on any atom is 0.278 e. The molecular formula is C21H26N4O2S. The quantitative estimate of drug-likeness (QED) is 0.644. The fourth-order valence-corrected chi connectivity index (χ4v) is 4.96. The average Bonchev–Trinajstić information content (AvgIpc) is 3.38. The Labute approximate surface area is 169 Å². The monoisotopic (exact) mass is 398 g/mol. The SMILES string of the molecule is CCn1nc(C)cc1C(=O)N(CC1CCCO1)c1nc2c(C)cc(C)cc2s1. The molecule has 0 aliphatic carbocycles. The maximum atomic E-state index is 13.5. The van der Waals surface area contributed by atoms with E-state index >= 15 is 0 Å². The highest BCUT2D eigenvalue weighted by atomic mass is 32.1. The summed E-state index contributed by atoms with van der Waals surface area (Å²) in [5.74, 6) is -0.0635. The minimum absolute atomic E-state index is 0.0536. The van der Waals surface area contributed by atoms with E-state index in [1.807, 2.05) is 19.9 Å². The fourth-order valence-electron chi connectivity index (χ4n) is 3.81. The smallest absolute Gasteiger partial charge is 0.278 e. The van der Waals surface area contributed by atoms with Crippen LogP contribution in [0, 0.1) is 20.8 Å². The van der Waals surface area contributed by atoms with Crippen molar-refractivity contribution in [1.29, 1.82) is 0 Å². The highest BCUT2D eigenvalue weighted by Crippen LogP contribution is 2.33. The largest absolute Gasteiger partial charge is 0.376 e. The Morgan fingerprint density at radius 1 is 1.32 bits per heavy atom. The zero-order valence-electron chi connectivity index (χ0n) is 16.9. The zero-order chi connectivity index (χ0) is 19.8. The number of aryl methyl sites for hydroxylation is 4. The summed E-state index contributed by atoms with van der Waals surface area (Å²) in [6.45, 7) is 10.0. The summed E-state index contributed by atoms with van der Waals surface area (Å²) < 4.78 is 8.71. The molecular weight excluding hydrogens is 372 g/mol. The Morgan fingerprint density at radius 2 is 2.14 bits per heavy atom. The Bertz CT molecular complexity index is 1020. The molecule has 0 bridgehead atoms. The number of benzene rings is 1. The maximum absolute atomic E-state index is 13.5. The minimum Gasteiger partial charge on any atom is -0.376 e. The molecule has 7 heteroatoms.